The Balaban J connectivity index is 0.00000128. The fourth-order valence-corrected chi connectivity index (χ4v) is 1.45. The monoisotopic (exact) mass is 246 g/mol. The predicted molar refractivity (Wildman–Crippen MR) is 61.7 cm³/mol. The molecular formula is C9H15ClN4O2. The average Bonchev–Trinajstić information content (AvgIpc) is 2.65. The van der Waals surface area contributed by atoms with Gasteiger partial charge < -0.3 is 15.4 Å². The number of rotatable bonds is 2. The molecule has 1 saturated heterocycles. The highest BCUT2D eigenvalue weighted by Gasteiger charge is 2.21. The van der Waals surface area contributed by atoms with Gasteiger partial charge in [-0.25, -0.2) is 0 Å². The molecule has 0 spiro atoms. The molecule has 7 heteroatoms. The predicted octanol–water partition coefficient (Wildman–Crippen LogP) is -0.231. The lowest BCUT2D eigenvalue weighted by molar-refractivity contribution is -0.120. The van der Waals surface area contributed by atoms with Gasteiger partial charge in [0.25, 0.3) is 0 Å². The molecule has 0 bridgehead atoms. The largest absolute Gasteiger partial charge is 0.378 e. The minimum absolute atomic E-state index is 0. The highest BCUT2D eigenvalue weighted by molar-refractivity contribution is 5.94. The van der Waals surface area contributed by atoms with Crippen molar-refractivity contribution in [2.45, 2.75) is 6.04 Å². The summed E-state index contributed by atoms with van der Waals surface area (Å²) in [6, 6.07) is -0.265. The molecule has 1 amide bonds. The van der Waals surface area contributed by atoms with Gasteiger partial charge in [-0.15, -0.1) is 12.4 Å². The quantitative estimate of drug-likeness (QED) is 0.757. The average molecular weight is 247 g/mol. The molecule has 2 heterocycles. The molecule has 1 fully saturated rings. The standard InChI is InChI=1S/C9H14N4O2.ClH/c1-13-5-7(4-11-13)12-9(14)8-6-15-3-2-10-8;/h4-5,8,10H,2-3,6H2,1H3,(H,12,14);1H. The summed E-state index contributed by atoms with van der Waals surface area (Å²) in [4.78, 5) is 11.7. The molecule has 2 rings (SSSR count). The van der Waals surface area contributed by atoms with Crippen LogP contribution in [0.2, 0.25) is 0 Å². The van der Waals surface area contributed by atoms with Crippen LogP contribution < -0.4 is 10.6 Å². The second kappa shape index (κ2) is 5.83. The van der Waals surface area contributed by atoms with Crippen LogP contribution in [0.1, 0.15) is 0 Å². The van der Waals surface area contributed by atoms with Gasteiger partial charge in [-0.3, -0.25) is 9.48 Å². The Kier molecular flexibility index (Phi) is 4.72. The van der Waals surface area contributed by atoms with Crippen molar-refractivity contribution in [1.29, 1.82) is 0 Å². The topological polar surface area (TPSA) is 68.2 Å². The zero-order chi connectivity index (χ0) is 10.7. The van der Waals surface area contributed by atoms with Gasteiger partial charge in [-0.2, -0.15) is 5.10 Å². The van der Waals surface area contributed by atoms with Crippen LogP contribution in [0.3, 0.4) is 0 Å². The van der Waals surface area contributed by atoms with Gasteiger partial charge in [0.2, 0.25) is 5.91 Å². The molecule has 0 aromatic carbocycles. The van der Waals surface area contributed by atoms with Crippen LogP contribution in [0, 0.1) is 0 Å². The number of aryl methyl sites for hydroxylation is 1. The normalized spacial score (nSPS) is 19.9. The zero-order valence-electron chi connectivity index (χ0n) is 8.97. The van der Waals surface area contributed by atoms with Gasteiger partial charge >= 0.3 is 0 Å². The fourth-order valence-electron chi connectivity index (χ4n) is 1.45. The number of halogens is 1. The van der Waals surface area contributed by atoms with E-state index in [1.807, 2.05) is 0 Å². The molecule has 1 aromatic rings. The van der Waals surface area contributed by atoms with Crippen molar-refractivity contribution in [1.82, 2.24) is 15.1 Å². The van der Waals surface area contributed by atoms with Crippen LogP contribution in [-0.2, 0) is 16.6 Å². The lowest BCUT2D eigenvalue weighted by Crippen LogP contribution is -2.48. The van der Waals surface area contributed by atoms with E-state index < -0.39 is 0 Å². The van der Waals surface area contributed by atoms with E-state index >= 15 is 0 Å². The highest BCUT2D eigenvalue weighted by Crippen LogP contribution is 2.05. The molecule has 6 nitrogen and oxygen atoms in total. The van der Waals surface area contributed by atoms with Crippen molar-refractivity contribution in [2.24, 2.45) is 7.05 Å². The molecule has 90 valence electrons. The van der Waals surface area contributed by atoms with Crippen molar-refractivity contribution in [3.8, 4) is 0 Å². The van der Waals surface area contributed by atoms with E-state index in [0.717, 1.165) is 0 Å². The molecule has 1 atom stereocenters. The second-order valence-corrected chi connectivity index (χ2v) is 3.47. The lowest BCUT2D eigenvalue weighted by Gasteiger charge is -2.22. The summed E-state index contributed by atoms with van der Waals surface area (Å²) < 4.78 is 6.84. The maximum atomic E-state index is 11.7. The summed E-state index contributed by atoms with van der Waals surface area (Å²) in [5.41, 5.74) is 0.704. The van der Waals surface area contributed by atoms with Gasteiger partial charge in [-0.05, 0) is 0 Å². The van der Waals surface area contributed by atoms with Gasteiger partial charge in [-0.1, -0.05) is 0 Å². The number of carbonyl (C=O) groups excluding carboxylic acids is 1. The first-order chi connectivity index (χ1) is 7.25. The zero-order valence-corrected chi connectivity index (χ0v) is 9.79. The minimum atomic E-state index is -0.265. The first kappa shape index (κ1) is 13.0. The van der Waals surface area contributed by atoms with E-state index in [-0.39, 0.29) is 24.4 Å². The number of carbonyl (C=O) groups is 1. The summed E-state index contributed by atoms with van der Waals surface area (Å²) in [6.07, 6.45) is 3.36. The molecular weight excluding hydrogens is 232 g/mol. The number of nitrogens with zero attached hydrogens (tertiary/aromatic N) is 2. The minimum Gasteiger partial charge on any atom is -0.378 e. The van der Waals surface area contributed by atoms with Crippen LogP contribution in [0.25, 0.3) is 0 Å². The van der Waals surface area contributed by atoms with Crippen molar-refractivity contribution >= 4 is 24.0 Å². The van der Waals surface area contributed by atoms with E-state index in [2.05, 4.69) is 15.7 Å². The van der Waals surface area contributed by atoms with Crippen molar-refractivity contribution in [3.05, 3.63) is 12.4 Å². The Labute approximate surface area is 99.8 Å². The number of morpholine rings is 1. The first-order valence-corrected chi connectivity index (χ1v) is 4.86. The Morgan fingerprint density at radius 2 is 2.56 bits per heavy atom. The summed E-state index contributed by atoms with van der Waals surface area (Å²) >= 11 is 0. The summed E-state index contributed by atoms with van der Waals surface area (Å²) in [5, 5.41) is 9.81. The maximum Gasteiger partial charge on any atom is 0.243 e. The third kappa shape index (κ3) is 3.19. The van der Waals surface area contributed by atoms with E-state index in [4.69, 9.17) is 4.74 Å². The smallest absolute Gasteiger partial charge is 0.243 e. The summed E-state index contributed by atoms with van der Waals surface area (Å²) in [5.74, 6) is -0.0808. The molecule has 1 unspecified atom stereocenters. The van der Waals surface area contributed by atoms with E-state index in [1.54, 1.807) is 24.1 Å². The third-order valence-corrected chi connectivity index (χ3v) is 2.21. The number of hydrogen-bond acceptors (Lipinski definition) is 4. The first-order valence-electron chi connectivity index (χ1n) is 4.86. The molecule has 1 aliphatic heterocycles. The van der Waals surface area contributed by atoms with E-state index in [1.165, 1.54) is 0 Å². The van der Waals surface area contributed by atoms with E-state index in [9.17, 15) is 4.79 Å². The molecule has 0 aliphatic carbocycles. The fraction of sp³-hybridized carbons (Fsp3) is 0.556. The molecule has 1 aliphatic rings. The number of nitrogens with one attached hydrogen (secondary N) is 2. The van der Waals surface area contributed by atoms with Crippen molar-refractivity contribution in [3.63, 3.8) is 0 Å². The number of hydrogen-bond donors (Lipinski definition) is 2. The van der Waals surface area contributed by atoms with Gasteiger partial charge in [0, 0.05) is 19.8 Å². The Hall–Kier alpha value is -1.11. The van der Waals surface area contributed by atoms with E-state index in [0.29, 0.717) is 25.4 Å². The molecule has 16 heavy (non-hydrogen) atoms. The Morgan fingerprint density at radius 3 is 3.12 bits per heavy atom. The van der Waals surface area contributed by atoms with Gasteiger partial charge in [0.15, 0.2) is 0 Å². The van der Waals surface area contributed by atoms with Crippen LogP contribution in [-0.4, -0.2) is 41.5 Å². The summed E-state index contributed by atoms with van der Waals surface area (Å²) in [6.45, 7) is 1.80. The number of anilines is 1. The summed E-state index contributed by atoms with van der Waals surface area (Å²) in [7, 11) is 1.80. The van der Waals surface area contributed by atoms with Gasteiger partial charge in [0.05, 0.1) is 25.1 Å². The van der Waals surface area contributed by atoms with Crippen LogP contribution in [0.15, 0.2) is 12.4 Å². The number of amides is 1. The maximum absolute atomic E-state index is 11.7. The Bertz CT molecular complexity index is 349. The van der Waals surface area contributed by atoms with Crippen LogP contribution in [0.4, 0.5) is 5.69 Å². The number of ether oxygens (including phenoxy) is 1. The molecule has 1 aromatic heterocycles. The lowest BCUT2D eigenvalue weighted by atomic mass is 10.2. The number of aromatic nitrogens is 2. The van der Waals surface area contributed by atoms with Crippen molar-refractivity contribution in [2.75, 3.05) is 25.1 Å². The van der Waals surface area contributed by atoms with Crippen LogP contribution in [0.5, 0.6) is 0 Å². The van der Waals surface area contributed by atoms with Gasteiger partial charge in [0.1, 0.15) is 6.04 Å². The molecule has 0 saturated carbocycles. The molecule has 0 radical (unpaired) electrons. The highest BCUT2D eigenvalue weighted by atomic mass is 35.5. The van der Waals surface area contributed by atoms with Crippen LogP contribution >= 0.6 is 12.4 Å². The van der Waals surface area contributed by atoms with Crippen molar-refractivity contribution < 1.29 is 9.53 Å². The SMILES string of the molecule is Cl.Cn1cc(NC(=O)C2COCCN2)cn1. The second-order valence-electron chi connectivity index (χ2n) is 3.47. The molecule has 2 N–H and O–H groups in total. The Morgan fingerprint density at radius 1 is 1.75 bits per heavy atom. The third-order valence-electron chi connectivity index (χ3n) is 2.21.